The lowest BCUT2D eigenvalue weighted by atomic mass is 9.92. The van der Waals surface area contributed by atoms with Gasteiger partial charge in [0, 0.05) is 11.6 Å². The number of nitrogens with zero attached hydrogens (tertiary/aromatic N) is 1. The molecule has 1 saturated heterocycles. The lowest BCUT2D eigenvalue weighted by Crippen LogP contribution is -2.46. The Hall–Kier alpha value is -1.22. The summed E-state index contributed by atoms with van der Waals surface area (Å²) in [5, 5.41) is 3.77. The van der Waals surface area contributed by atoms with Gasteiger partial charge in [-0.2, -0.15) is 0 Å². The second-order valence-corrected chi connectivity index (χ2v) is 6.04. The monoisotopic (exact) mass is 262 g/mol. The third kappa shape index (κ3) is 1.34. The molecule has 3 atom stereocenters. The first kappa shape index (κ1) is 10.7. The molecule has 1 aliphatic carbocycles. The Morgan fingerprint density at radius 2 is 2.22 bits per heavy atom. The van der Waals surface area contributed by atoms with Crippen LogP contribution in [0, 0.1) is 11.8 Å². The van der Waals surface area contributed by atoms with E-state index in [1.165, 1.54) is 19.3 Å². The van der Waals surface area contributed by atoms with Gasteiger partial charge < -0.3 is 10.2 Å². The quantitative estimate of drug-likeness (QED) is 0.780. The van der Waals surface area contributed by atoms with E-state index in [2.05, 4.69) is 10.2 Å². The molecular weight excluding hydrogens is 248 g/mol. The van der Waals surface area contributed by atoms with Crippen LogP contribution in [0.15, 0.2) is 18.2 Å². The largest absolute Gasteiger partial charge is 0.357 e. The molecule has 2 heterocycles. The summed E-state index contributed by atoms with van der Waals surface area (Å²) < 4.78 is 0. The highest BCUT2D eigenvalue weighted by Gasteiger charge is 2.49. The smallest absolute Gasteiger partial charge is 0.247 e. The number of carbonyl (C=O) groups excluding carboxylic acids is 1. The van der Waals surface area contributed by atoms with Crippen molar-refractivity contribution in [3.8, 4) is 0 Å². The number of anilines is 2. The van der Waals surface area contributed by atoms with Crippen molar-refractivity contribution in [1.82, 2.24) is 0 Å². The fourth-order valence-electron chi connectivity index (χ4n) is 3.94. The van der Waals surface area contributed by atoms with Crippen LogP contribution >= 0.6 is 11.6 Å². The Kier molecular flexibility index (Phi) is 2.16. The number of halogens is 1. The first-order valence-corrected chi connectivity index (χ1v) is 6.99. The Labute approximate surface area is 111 Å². The van der Waals surface area contributed by atoms with Crippen molar-refractivity contribution in [1.29, 1.82) is 0 Å². The molecule has 1 N–H and O–H groups in total. The highest BCUT2D eigenvalue weighted by molar-refractivity contribution is 6.31. The number of hydrogen-bond donors (Lipinski definition) is 1. The summed E-state index contributed by atoms with van der Waals surface area (Å²) in [6, 6.07) is 5.74. The summed E-state index contributed by atoms with van der Waals surface area (Å²) in [7, 11) is 0. The van der Waals surface area contributed by atoms with E-state index in [9.17, 15) is 4.79 Å². The van der Waals surface area contributed by atoms with Crippen molar-refractivity contribution in [3.63, 3.8) is 0 Å². The van der Waals surface area contributed by atoms with E-state index in [1.54, 1.807) is 0 Å². The molecule has 0 radical (unpaired) electrons. The Morgan fingerprint density at radius 1 is 1.33 bits per heavy atom. The van der Waals surface area contributed by atoms with Crippen molar-refractivity contribution >= 4 is 28.9 Å². The molecule has 4 heteroatoms. The molecule has 2 aliphatic heterocycles. The van der Waals surface area contributed by atoms with E-state index in [1.807, 2.05) is 18.2 Å². The maximum atomic E-state index is 12.3. The van der Waals surface area contributed by atoms with Gasteiger partial charge in [0.05, 0.1) is 11.4 Å². The summed E-state index contributed by atoms with van der Waals surface area (Å²) in [5.41, 5.74) is 2.00. The predicted molar refractivity (Wildman–Crippen MR) is 72.0 cm³/mol. The van der Waals surface area contributed by atoms with Gasteiger partial charge in [0.1, 0.15) is 6.04 Å². The lowest BCUT2D eigenvalue weighted by Gasteiger charge is -2.35. The molecule has 1 saturated carbocycles. The van der Waals surface area contributed by atoms with E-state index in [0.29, 0.717) is 11.8 Å². The number of nitrogens with one attached hydrogen (secondary N) is 1. The van der Waals surface area contributed by atoms with Crippen LogP contribution in [0.1, 0.15) is 19.3 Å². The molecule has 3 aliphatic rings. The maximum absolute atomic E-state index is 12.3. The minimum atomic E-state index is 0.0310. The highest BCUT2D eigenvalue weighted by Crippen LogP contribution is 2.48. The SMILES string of the molecule is O=C1Nc2ccc(Cl)cc2N2CC3CCCC3C12. The zero-order valence-corrected chi connectivity index (χ0v) is 10.8. The average Bonchev–Trinajstić information content (AvgIpc) is 2.90. The average molecular weight is 263 g/mol. The fourth-order valence-corrected chi connectivity index (χ4v) is 4.11. The Bertz CT molecular complexity index is 531. The Morgan fingerprint density at radius 3 is 3.11 bits per heavy atom. The number of rotatable bonds is 0. The van der Waals surface area contributed by atoms with Crippen LogP contribution in [0.3, 0.4) is 0 Å². The molecule has 3 nitrogen and oxygen atoms in total. The molecule has 18 heavy (non-hydrogen) atoms. The molecule has 0 bridgehead atoms. The van der Waals surface area contributed by atoms with Gasteiger partial charge in [0.25, 0.3) is 0 Å². The third-order valence-corrected chi connectivity index (χ3v) is 4.92. The van der Waals surface area contributed by atoms with Gasteiger partial charge in [-0.25, -0.2) is 0 Å². The van der Waals surface area contributed by atoms with Crippen molar-refractivity contribution in [2.45, 2.75) is 25.3 Å². The van der Waals surface area contributed by atoms with Gasteiger partial charge in [-0.15, -0.1) is 0 Å². The zero-order chi connectivity index (χ0) is 12.3. The van der Waals surface area contributed by atoms with E-state index < -0.39 is 0 Å². The molecule has 94 valence electrons. The van der Waals surface area contributed by atoms with E-state index >= 15 is 0 Å². The predicted octanol–water partition coefficient (Wildman–Crippen LogP) is 2.90. The first-order chi connectivity index (χ1) is 8.74. The van der Waals surface area contributed by atoms with Crippen LogP contribution in [0.2, 0.25) is 5.02 Å². The minimum Gasteiger partial charge on any atom is -0.357 e. The zero-order valence-electron chi connectivity index (χ0n) is 10.0. The molecule has 1 aromatic rings. The molecule has 4 rings (SSSR count). The topological polar surface area (TPSA) is 32.3 Å². The van der Waals surface area contributed by atoms with E-state index in [0.717, 1.165) is 22.9 Å². The molecule has 1 aromatic carbocycles. The molecule has 0 spiro atoms. The molecular formula is C14H15ClN2O. The van der Waals surface area contributed by atoms with Gasteiger partial charge in [-0.3, -0.25) is 4.79 Å². The van der Waals surface area contributed by atoms with Gasteiger partial charge in [0.15, 0.2) is 0 Å². The van der Waals surface area contributed by atoms with Gasteiger partial charge >= 0.3 is 0 Å². The number of amides is 1. The van der Waals surface area contributed by atoms with Gasteiger partial charge in [-0.05, 0) is 42.9 Å². The van der Waals surface area contributed by atoms with Crippen molar-refractivity contribution in [3.05, 3.63) is 23.2 Å². The number of carbonyl (C=O) groups is 1. The Balaban J connectivity index is 1.81. The summed E-state index contributed by atoms with van der Waals surface area (Å²) >= 11 is 6.08. The molecule has 2 fully saturated rings. The number of benzene rings is 1. The van der Waals surface area contributed by atoms with Gasteiger partial charge in [-0.1, -0.05) is 18.0 Å². The summed E-state index contributed by atoms with van der Waals surface area (Å²) in [6.07, 6.45) is 3.73. The van der Waals surface area contributed by atoms with Crippen LogP contribution in [-0.2, 0) is 4.79 Å². The first-order valence-electron chi connectivity index (χ1n) is 6.61. The standard InChI is InChI=1S/C14H15ClN2O/c15-9-4-5-11-12(6-9)17-7-8-2-1-3-10(8)13(17)14(18)16-11/h4-6,8,10,13H,1-3,7H2,(H,16,18). The van der Waals surface area contributed by atoms with E-state index in [4.69, 9.17) is 11.6 Å². The summed E-state index contributed by atoms with van der Waals surface area (Å²) in [4.78, 5) is 14.6. The normalized spacial score (nSPS) is 32.8. The lowest BCUT2D eigenvalue weighted by molar-refractivity contribution is -0.118. The summed E-state index contributed by atoms with van der Waals surface area (Å²) in [5.74, 6) is 1.39. The van der Waals surface area contributed by atoms with E-state index in [-0.39, 0.29) is 11.9 Å². The third-order valence-electron chi connectivity index (χ3n) is 4.69. The second kappa shape index (κ2) is 3.64. The van der Waals surface area contributed by atoms with Crippen LogP contribution in [0.25, 0.3) is 0 Å². The molecule has 3 unspecified atom stereocenters. The van der Waals surface area contributed by atoms with Crippen molar-refractivity contribution in [2.75, 3.05) is 16.8 Å². The summed E-state index contributed by atoms with van der Waals surface area (Å²) in [6.45, 7) is 1.01. The van der Waals surface area contributed by atoms with Crippen molar-refractivity contribution in [2.24, 2.45) is 11.8 Å². The highest BCUT2D eigenvalue weighted by atomic mass is 35.5. The van der Waals surface area contributed by atoms with Crippen LogP contribution in [0.5, 0.6) is 0 Å². The van der Waals surface area contributed by atoms with Crippen LogP contribution < -0.4 is 10.2 Å². The van der Waals surface area contributed by atoms with Crippen molar-refractivity contribution < 1.29 is 4.79 Å². The van der Waals surface area contributed by atoms with Crippen LogP contribution in [0.4, 0.5) is 11.4 Å². The minimum absolute atomic E-state index is 0.0310. The number of fused-ring (bicyclic) bond motifs is 5. The number of hydrogen-bond acceptors (Lipinski definition) is 2. The fraction of sp³-hybridized carbons (Fsp3) is 0.500. The van der Waals surface area contributed by atoms with Crippen LogP contribution in [-0.4, -0.2) is 18.5 Å². The maximum Gasteiger partial charge on any atom is 0.247 e. The van der Waals surface area contributed by atoms with Gasteiger partial charge in [0.2, 0.25) is 5.91 Å². The second-order valence-electron chi connectivity index (χ2n) is 5.60. The molecule has 0 aromatic heterocycles. The molecule has 1 amide bonds.